The maximum absolute atomic E-state index is 12.2. The van der Waals surface area contributed by atoms with Gasteiger partial charge in [0.1, 0.15) is 11.5 Å². The number of amides is 1. The first-order valence-corrected chi connectivity index (χ1v) is 5.81. The largest absolute Gasteiger partial charge is 0.378 e. The van der Waals surface area contributed by atoms with Crippen LogP contribution in [0.5, 0.6) is 0 Å². The molecule has 2 rings (SSSR count). The number of hydrogen-bond donors (Lipinski definition) is 1. The zero-order valence-electron chi connectivity index (χ0n) is 9.57. The second-order valence-electron chi connectivity index (χ2n) is 3.68. The Hall–Kier alpha value is -1.33. The zero-order chi connectivity index (χ0) is 12.3. The fraction of sp³-hybridized carbons (Fsp3) is 0.455. The van der Waals surface area contributed by atoms with Gasteiger partial charge in [-0.2, -0.15) is 0 Å². The lowest BCUT2D eigenvalue weighted by Gasteiger charge is -2.26. The van der Waals surface area contributed by atoms with Gasteiger partial charge in [0, 0.05) is 20.1 Å². The first kappa shape index (κ1) is 12.1. The molecule has 1 aliphatic heterocycles. The van der Waals surface area contributed by atoms with Crippen molar-refractivity contribution in [2.75, 3.05) is 38.7 Å². The molecule has 6 heteroatoms. The fourth-order valence-corrected chi connectivity index (χ4v) is 1.83. The maximum Gasteiger partial charge on any atom is 0.274 e. The van der Waals surface area contributed by atoms with Crippen molar-refractivity contribution in [3.63, 3.8) is 0 Å². The molecule has 1 amide bonds. The lowest BCUT2D eigenvalue weighted by atomic mass is 10.3. The molecule has 1 fully saturated rings. The fourth-order valence-electron chi connectivity index (χ4n) is 1.65. The normalized spacial score (nSPS) is 15.8. The monoisotopic (exact) mass is 255 g/mol. The van der Waals surface area contributed by atoms with Crippen LogP contribution in [0.3, 0.4) is 0 Å². The highest BCUT2D eigenvalue weighted by atomic mass is 35.5. The molecule has 1 aromatic heterocycles. The van der Waals surface area contributed by atoms with Crippen LogP contribution < -0.4 is 5.32 Å². The van der Waals surface area contributed by atoms with Gasteiger partial charge < -0.3 is 15.0 Å². The third-order valence-corrected chi connectivity index (χ3v) is 2.91. The van der Waals surface area contributed by atoms with E-state index in [9.17, 15) is 4.79 Å². The minimum atomic E-state index is -0.143. The van der Waals surface area contributed by atoms with E-state index in [0.29, 0.717) is 42.8 Å². The predicted octanol–water partition coefficient (Wildman–Crippen LogP) is 1.25. The van der Waals surface area contributed by atoms with Gasteiger partial charge in [0.15, 0.2) is 0 Å². The van der Waals surface area contributed by atoms with Crippen molar-refractivity contribution in [1.29, 1.82) is 0 Å². The Labute approximate surface area is 105 Å². The third-order valence-electron chi connectivity index (χ3n) is 2.60. The molecule has 1 aliphatic rings. The summed E-state index contributed by atoms with van der Waals surface area (Å²) in [5, 5.41) is 3.26. The number of halogens is 1. The molecule has 92 valence electrons. The number of carbonyl (C=O) groups is 1. The number of hydrogen-bond acceptors (Lipinski definition) is 4. The standard InChI is InChI=1S/C11H14ClN3O2/c1-13-9-3-2-8(12)10(14-9)11(16)15-4-6-17-7-5-15/h2-3H,4-7H2,1H3,(H,13,14). The average molecular weight is 256 g/mol. The maximum atomic E-state index is 12.2. The lowest BCUT2D eigenvalue weighted by Crippen LogP contribution is -2.41. The molecule has 0 saturated carbocycles. The van der Waals surface area contributed by atoms with Crippen LogP contribution in [0.25, 0.3) is 0 Å². The average Bonchev–Trinajstić information content (AvgIpc) is 2.39. The summed E-state index contributed by atoms with van der Waals surface area (Å²) in [6.45, 7) is 2.30. The van der Waals surface area contributed by atoms with Gasteiger partial charge in [0.2, 0.25) is 0 Å². The molecule has 1 N–H and O–H groups in total. The molecule has 0 aliphatic carbocycles. The number of nitrogens with zero attached hydrogens (tertiary/aromatic N) is 2. The first-order chi connectivity index (χ1) is 8.22. The van der Waals surface area contributed by atoms with E-state index >= 15 is 0 Å². The zero-order valence-corrected chi connectivity index (χ0v) is 10.3. The summed E-state index contributed by atoms with van der Waals surface area (Å²) in [7, 11) is 1.75. The van der Waals surface area contributed by atoms with Crippen LogP contribution in [-0.4, -0.2) is 49.1 Å². The molecule has 17 heavy (non-hydrogen) atoms. The Morgan fingerprint density at radius 3 is 2.82 bits per heavy atom. The van der Waals surface area contributed by atoms with Crippen molar-refractivity contribution < 1.29 is 9.53 Å². The molecular weight excluding hydrogens is 242 g/mol. The number of carbonyl (C=O) groups excluding carboxylic acids is 1. The Kier molecular flexibility index (Phi) is 3.81. The van der Waals surface area contributed by atoms with E-state index in [2.05, 4.69) is 10.3 Å². The van der Waals surface area contributed by atoms with Crippen molar-refractivity contribution >= 4 is 23.3 Å². The number of rotatable bonds is 2. The third kappa shape index (κ3) is 2.68. The Bertz CT molecular complexity index is 419. The number of ether oxygens (including phenoxy) is 1. The summed E-state index contributed by atoms with van der Waals surface area (Å²) in [6.07, 6.45) is 0. The van der Waals surface area contributed by atoms with Crippen LogP contribution in [0, 0.1) is 0 Å². The minimum absolute atomic E-state index is 0.143. The van der Waals surface area contributed by atoms with Gasteiger partial charge in [0.05, 0.1) is 18.2 Å². The molecule has 0 spiro atoms. The number of nitrogens with one attached hydrogen (secondary N) is 1. The van der Waals surface area contributed by atoms with Gasteiger partial charge in [-0.15, -0.1) is 0 Å². The van der Waals surface area contributed by atoms with Crippen LogP contribution in [0.1, 0.15) is 10.5 Å². The SMILES string of the molecule is CNc1ccc(Cl)c(C(=O)N2CCOCC2)n1. The summed E-state index contributed by atoms with van der Waals surface area (Å²) in [6, 6.07) is 3.41. The summed E-state index contributed by atoms with van der Waals surface area (Å²) in [5.74, 6) is 0.487. The van der Waals surface area contributed by atoms with E-state index in [1.807, 2.05) is 0 Å². The molecule has 1 saturated heterocycles. The van der Waals surface area contributed by atoms with Crippen molar-refractivity contribution in [2.24, 2.45) is 0 Å². The van der Waals surface area contributed by atoms with Crippen molar-refractivity contribution in [3.05, 3.63) is 22.8 Å². The summed E-state index contributed by atoms with van der Waals surface area (Å²) >= 11 is 6.00. The number of aromatic nitrogens is 1. The van der Waals surface area contributed by atoms with Gasteiger partial charge in [0.25, 0.3) is 5.91 Å². The molecular formula is C11H14ClN3O2. The van der Waals surface area contributed by atoms with Gasteiger partial charge >= 0.3 is 0 Å². The van der Waals surface area contributed by atoms with E-state index < -0.39 is 0 Å². The quantitative estimate of drug-likeness (QED) is 0.864. The molecule has 0 atom stereocenters. The van der Waals surface area contributed by atoms with Crippen molar-refractivity contribution in [3.8, 4) is 0 Å². The first-order valence-electron chi connectivity index (χ1n) is 5.43. The molecule has 0 bridgehead atoms. The van der Waals surface area contributed by atoms with E-state index in [-0.39, 0.29) is 5.91 Å². The highest BCUT2D eigenvalue weighted by molar-refractivity contribution is 6.33. The van der Waals surface area contributed by atoms with Crippen LogP contribution in [0.2, 0.25) is 5.02 Å². The van der Waals surface area contributed by atoms with E-state index in [4.69, 9.17) is 16.3 Å². The van der Waals surface area contributed by atoms with Gasteiger partial charge in [-0.3, -0.25) is 4.79 Å². The van der Waals surface area contributed by atoms with Crippen LogP contribution in [0.15, 0.2) is 12.1 Å². The molecule has 0 aromatic carbocycles. The highest BCUT2D eigenvalue weighted by Crippen LogP contribution is 2.18. The molecule has 0 radical (unpaired) electrons. The Morgan fingerprint density at radius 2 is 2.18 bits per heavy atom. The van der Waals surface area contributed by atoms with Crippen LogP contribution in [-0.2, 0) is 4.74 Å². The summed E-state index contributed by atoms with van der Waals surface area (Å²) < 4.78 is 5.20. The van der Waals surface area contributed by atoms with Gasteiger partial charge in [-0.05, 0) is 12.1 Å². The van der Waals surface area contributed by atoms with E-state index in [1.54, 1.807) is 24.1 Å². The Morgan fingerprint density at radius 1 is 1.47 bits per heavy atom. The molecule has 2 heterocycles. The summed E-state index contributed by atoms with van der Waals surface area (Å²) in [5.41, 5.74) is 0.292. The number of pyridine rings is 1. The number of anilines is 1. The second-order valence-corrected chi connectivity index (χ2v) is 4.09. The highest BCUT2D eigenvalue weighted by Gasteiger charge is 2.22. The lowest BCUT2D eigenvalue weighted by molar-refractivity contribution is 0.0299. The Balaban J connectivity index is 2.22. The smallest absolute Gasteiger partial charge is 0.274 e. The summed E-state index contributed by atoms with van der Waals surface area (Å²) in [4.78, 5) is 18.1. The van der Waals surface area contributed by atoms with E-state index in [1.165, 1.54) is 0 Å². The van der Waals surface area contributed by atoms with Crippen LogP contribution >= 0.6 is 11.6 Å². The molecule has 1 aromatic rings. The van der Waals surface area contributed by atoms with Crippen molar-refractivity contribution in [2.45, 2.75) is 0 Å². The van der Waals surface area contributed by atoms with Crippen molar-refractivity contribution in [1.82, 2.24) is 9.88 Å². The molecule has 5 nitrogen and oxygen atoms in total. The molecule has 0 unspecified atom stereocenters. The second kappa shape index (κ2) is 5.33. The minimum Gasteiger partial charge on any atom is -0.378 e. The van der Waals surface area contributed by atoms with Crippen LogP contribution in [0.4, 0.5) is 5.82 Å². The topological polar surface area (TPSA) is 54.5 Å². The predicted molar refractivity (Wildman–Crippen MR) is 65.5 cm³/mol. The van der Waals surface area contributed by atoms with Gasteiger partial charge in [-0.1, -0.05) is 11.6 Å². The number of morpholine rings is 1. The van der Waals surface area contributed by atoms with E-state index in [0.717, 1.165) is 0 Å². The van der Waals surface area contributed by atoms with Gasteiger partial charge in [-0.25, -0.2) is 4.98 Å².